The molecule has 5 rings (SSSR count). The molecule has 0 aliphatic carbocycles. The van der Waals surface area contributed by atoms with Crippen molar-refractivity contribution in [1.82, 2.24) is 15.2 Å². The Labute approximate surface area is 233 Å². The van der Waals surface area contributed by atoms with Crippen molar-refractivity contribution in [1.29, 1.82) is 0 Å². The Morgan fingerprint density at radius 2 is 1.82 bits per heavy atom. The molecule has 39 heavy (non-hydrogen) atoms. The molecule has 2 fully saturated rings. The maximum Gasteiger partial charge on any atom is 0.128 e. The predicted octanol–water partition coefficient (Wildman–Crippen LogP) is 6.63. The van der Waals surface area contributed by atoms with E-state index in [9.17, 15) is 0 Å². The number of anilines is 1. The molecule has 2 atom stereocenters. The lowest BCUT2D eigenvalue weighted by molar-refractivity contribution is 0.287. The van der Waals surface area contributed by atoms with Crippen LogP contribution in [0.5, 0.6) is 0 Å². The van der Waals surface area contributed by atoms with E-state index < -0.39 is 0 Å². The lowest BCUT2D eigenvalue weighted by Gasteiger charge is -2.33. The number of nitrogens with one attached hydrogen (secondary N) is 1. The molecular formula is C34H41N5. The predicted molar refractivity (Wildman–Crippen MR) is 164 cm³/mol. The van der Waals surface area contributed by atoms with Gasteiger partial charge < -0.3 is 20.9 Å². The van der Waals surface area contributed by atoms with Crippen LogP contribution in [0, 0.1) is 13.8 Å². The summed E-state index contributed by atoms with van der Waals surface area (Å²) < 4.78 is 0. The first-order valence-electron chi connectivity index (χ1n) is 14.0. The molecule has 3 N–H and O–H groups in total. The van der Waals surface area contributed by atoms with Crippen molar-refractivity contribution in [2.24, 2.45) is 5.73 Å². The van der Waals surface area contributed by atoms with Gasteiger partial charge in [0.15, 0.2) is 0 Å². The summed E-state index contributed by atoms with van der Waals surface area (Å²) in [6.45, 7) is 21.8. The Bertz CT molecular complexity index is 1400. The minimum atomic E-state index is 0.176. The van der Waals surface area contributed by atoms with Crippen LogP contribution >= 0.6 is 0 Å². The van der Waals surface area contributed by atoms with Gasteiger partial charge in [0, 0.05) is 24.4 Å². The molecule has 0 spiro atoms. The number of allylic oxidation sites excluding steroid dienone is 1. The van der Waals surface area contributed by atoms with Gasteiger partial charge in [-0.05, 0) is 74.4 Å². The van der Waals surface area contributed by atoms with Crippen molar-refractivity contribution >= 4 is 11.9 Å². The molecule has 2 aliphatic heterocycles. The second kappa shape index (κ2) is 11.0. The number of hydrogen-bond acceptors (Lipinski definition) is 5. The van der Waals surface area contributed by atoms with E-state index in [1.807, 2.05) is 6.08 Å². The number of hydrogen-bond donors (Lipinski definition) is 2. The van der Waals surface area contributed by atoms with Crippen LogP contribution in [0.4, 0.5) is 5.82 Å². The molecule has 0 bridgehead atoms. The van der Waals surface area contributed by atoms with Gasteiger partial charge in [-0.3, -0.25) is 0 Å². The van der Waals surface area contributed by atoms with Gasteiger partial charge in [0.2, 0.25) is 0 Å². The zero-order chi connectivity index (χ0) is 27.7. The van der Waals surface area contributed by atoms with E-state index in [4.69, 9.17) is 10.7 Å². The summed E-state index contributed by atoms with van der Waals surface area (Å²) in [6, 6.07) is 18.2. The highest BCUT2D eigenvalue weighted by Gasteiger charge is 2.34. The van der Waals surface area contributed by atoms with Crippen molar-refractivity contribution in [3.63, 3.8) is 0 Å². The van der Waals surface area contributed by atoms with Crippen molar-refractivity contribution in [2.45, 2.75) is 58.7 Å². The van der Waals surface area contributed by atoms with Crippen LogP contribution in [0.2, 0.25) is 0 Å². The maximum atomic E-state index is 5.88. The summed E-state index contributed by atoms with van der Waals surface area (Å²) in [5.74, 6) is 1.99. The third-order valence-electron chi connectivity index (χ3n) is 8.07. The molecule has 3 aromatic rings. The number of aryl methyl sites for hydroxylation is 3. The third kappa shape index (κ3) is 5.58. The number of aromatic nitrogens is 1. The summed E-state index contributed by atoms with van der Waals surface area (Å²) in [6.07, 6.45) is 4.77. The van der Waals surface area contributed by atoms with Crippen molar-refractivity contribution in [3.05, 3.63) is 113 Å². The summed E-state index contributed by atoms with van der Waals surface area (Å²) >= 11 is 0. The molecule has 2 aliphatic rings. The van der Waals surface area contributed by atoms with Gasteiger partial charge in [0.1, 0.15) is 5.82 Å². The van der Waals surface area contributed by atoms with Crippen LogP contribution < -0.4 is 16.0 Å². The zero-order valence-corrected chi connectivity index (χ0v) is 23.6. The number of benzene rings is 2. The molecule has 2 saturated heterocycles. The summed E-state index contributed by atoms with van der Waals surface area (Å²) in [5, 5.41) is 3.68. The van der Waals surface area contributed by atoms with Crippen molar-refractivity contribution in [2.75, 3.05) is 18.0 Å². The number of nitrogens with two attached hydrogens (primary N) is 1. The first kappa shape index (κ1) is 26.6. The minimum Gasteiger partial charge on any atom is -0.403 e. The topological polar surface area (TPSA) is 57.4 Å². The third-order valence-corrected chi connectivity index (χ3v) is 8.07. The van der Waals surface area contributed by atoms with Gasteiger partial charge >= 0.3 is 0 Å². The number of rotatable bonds is 9. The van der Waals surface area contributed by atoms with Crippen LogP contribution in [-0.4, -0.2) is 29.0 Å². The highest BCUT2D eigenvalue weighted by atomic mass is 15.3. The van der Waals surface area contributed by atoms with Gasteiger partial charge in [-0.25, -0.2) is 4.98 Å². The van der Waals surface area contributed by atoms with Crippen molar-refractivity contribution < 1.29 is 0 Å². The van der Waals surface area contributed by atoms with E-state index in [0.717, 1.165) is 60.0 Å². The molecule has 3 heterocycles. The molecule has 2 unspecified atom stereocenters. The molecule has 5 nitrogen and oxygen atoms in total. The van der Waals surface area contributed by atoms with E-state index in [1.54, 1.807) is 0 Å². The van der Waals surface area contributed by atoms with E-state index >= 15 is 0 Å². The molecule has 1 aromatic heterocycles. The second-order valence-corrected chi connectivity index (χ2v) is 11.1. The largest absolute Gasteiger partial charge is 0.403 e. The summed E-state index contributed by atoms with van der Waals surface area (Å²) in [5.41, 5.74) is 16.1. The zero-order valence-electron chi connectivity index (χ0n) is 23.6. The van der Waals surface area contributed by atoms with Crippen LogP contribution in [0.1, 0.15) is 59.3 Å². The molecule has 2 aromatic carbocycles. The maximum absolute atomic E-state index is 5.88. The van der Waals surface area contributed by atoms with Gasteiger partial charge in [0.05, 0.1) is 30.1 Å². The Morgan fingerprint density at radius 1 is 1.08 bits per heavy atom. The first-order valence-corrected chi connectivity index (χ1v) is 14.0. The minimum absolute atomic E-state index is 0.176. The van der Waals surface area contributed by atoms with Gasteiger partial charge in [0.25, 0.3) is 0 Å². The standard InChI is InChI=1S/C34H41N5/c1-7-28-12-11-27(10-9-24(4)35)20-31(28)30-13-14-33(38-15-8-16-38)37-32(30)21-39-25(5)34(36-26(39)6)29-18-22(2)17-23(3)19-29/h7,11-14,17-20,25,34,36H,1,4,6,8-10,15-16,21,35H2,2-3,5H3. The molecule has 0 saturated carbocycles. The molecular weight excluding hydrogens is 478 g/mol. The lowest BCUT2D eigenvalue weighted by Crippen LogP contribution is -2.38. The Hall–Kier alpha value is -3.99. The number of nitrogens with zero attached hydrogens (tertiary/aromatic N) is 3. The van der Waals surface area contributed by atoms with E-state index in [2.05, 4.69) is 104 Å². The van der Waals surface area contributed by atoms with Gasteiger partial charge in [-0.1, -0.05) is 73.3 Å². The van der Waals surface area contributed by atoms with Gasteiger partial charge in [-0.15, -0.1) is 0 Å². The molecule has 5 heteroatoms. The fraction of sp³-hybridized carbons (Fsp3) is 0.324. The number of pyridine rings is 1. The van der Waals surface area contributed by atoms with Crippen LogP contribution in [0.25, 0.3) is 17.2 Å². The fourth-order valence-corrected chi connectivity index (χ4v) is 5.81. The van der Waals surface area contributed by atoms with E-state index in [-0.39, 0.29) is 12.1 Å². The SMILES string of the molecule is C=Cc1ccc(CCC(=C)N)cc1-c1ccc(N2CCC2)nc1CN1C(=C)NC(c2cc(C)cc(C)c2)C1C. The average molecular weight is 520 g/mol. The van der Waals surface area contributed by atoms with Crippen LogP contribution in [-0.2, 0) is 13.0 Å². The van der Waals surface area contributed by atoms with Crippen LogP contribution in [0.15, 0.2) is 79.8 Å². The highest BCUT2D eigenvalue weighted by Crippen LogP contribution is 2.36. The molecule has 202 valence electrons. The average Bonchev–Trinajstić information content (AvgIpc) is 3.14. The highest BCUT2D eigenvalue weighted by molar-refractivity contribution is 5.77. The monoisotopic (exact) mass is 519 g/mol. The fourth-order valence-electron chi connectivity index (χ4n) is 5.81. The van der Waals surface area contributed by atoms with E-state index in [1.165, 1.54) is 28.7 Å². The molecule has 0 radical (unpaired) electrons. The Morgan fingerprint density at radius 3 is 2.46 bits per heavy atom. The lowest BCUT2D eigenvalue weighted by atomic mass is 9.93. The summed E-state index contributed by atoms with van der Waals surface area (Å²) in [7, 11) is 0. The first-order chi connectivity index (χ1) is 18.7. The Kier molecular flexibility index (Phi) is 7.51. The van der Waals surface area contributed by atoms with Gasteiger partial charge in [-0.2, -0.15) is 0 Å². The van der Waals surface area contributed by atoms with Crippen molar-refractivity contribution in [3.8, 4) is 11.1 Å². The quantitative estimate of drug-likeness (QED) is 0.332. The van der Waals surface area contributed by atoms with E-state index in [0.29, 0.717) is 12.2 Å². The van der Waals surface area contributed by atoms with Crippen LogP contribution in [0.3, 0.4) is 0 Å². The Balaban J connectivity index is 1.52. The smallest absolute Gasteiger partial charge is 0.128 e. The normalized spacial score (nSPS) is 18.6. The molecule has 0 amide bonds. The summed E-state index contributed by atoms with van der Waals surface area (Å²) in [4.78, 5) is 9.97. The second-order valence-electron chi connectivity index (χ2n) is 11.1.